The molecular formula is C20H24BrN2O2+. The Morgan fingerprint density at radius 3 is 2.48 bits per heavy atom. The Balaban J connectivity index is 0.00000225. The van der Waals surface area contributed by atoms with Gasteiger partial charge in [0.25, 0.3) is 0 Å². The van der Waals surface area contributed by atoms with Crippen LogP contribution in [-0.4, -0.2) is 17.1 Å². The Morgan fingerprint density at radius 2 is 1.80 bits per heavy atom. The molecule has 0 amide bonds. The summed E-state index contributed by atoms with van der Waals surface area (Å²) in [5, 5.41) is 0. The summed E-state index contributed by atoms with van der Waals surface area (Å²) in [6.45, 7) is 7.45. The van der Waals surface area contributed by atoms with Crippen LogP contribution < -0.4 is 4.57 Å². The van der Waals surface area contributed by atoms with Crippen LogP contribution in [0.25, 0.3) is 11.0 Å². The lowest BCUT2D eigenvalue weighted by Crippen LogP contribution is -2.33. The number of imidazole rings is 1. The lowest BCUT2D eigenvalue weighted by molar-refractivity contribution is -0.663. The summed E-state index contributed by atoms with van der Waals surface area (Å²) in [6.07, 6.45) is 2.01. The smallest absolute Gasteiger partial charge is 0.348 e. The first-order valence-electron chi connectivity index (χ1n) is 8.27. The van der Waals surface area contributed by atoms with Crippen LogP contribution in [0.4, 0.5) is 0 Å². The third kappa shape index (κ3) is 4.28. The number of esters is 1. The molecule has 4 nitrogen and oxygen atoms in total. The normalized spacial score (nSPS) is 10.5. The first-order valence-corrected chi connectivity index (χ1v) is 8.27. The first kappa shape index (κ1) is 19.2. The van der Waals surface area contributed by atoms with Gasteiger partial charge in [-0.25, -0.2) is 13.9 Å². The van der Waals surface area contributed by atoms with Crippen LogP contribution in [0.5, 0.6) is 0 Å². The van der Waals surface area contributed by atoms with Gasteiger partial charge in [-0.3, -0.25) is 0 Å². The maximum Gasteiger partial charge on any atom is 0.348 e. The molecule has 1 aromatic heterocycles. The largest absolute Gasteiger partial charge is 0.463 e. The van der Waals surface area contributed by atoms with Crippen LogP contribution in [0.1, 0.15) is 23.6 Å². The van der Waals surface area contributed by atoms with E-state index >= 15 is 0 Å². The van der Waals surface area contributed by atoms with Crippen LogP contribution >= 0.6 is 17.0 Å². The molecule has 132 valence electrons. The van der Waals surface area contributed by atoms with Gasteiger partial charge in [-0.15, -0.1) is 17.0 Å². The molecule has 0 atom stereocenters. The van der Waals surface area contributed by atoms with Gasteiger partial charge >= 0.3 is 5.97 Å². The summed E-state index contributed by atoms with van der Waals surface area (Å²) < 4.78 is 9.27. The van der Waals surface area contributed by atoms with Crippen molar-refractivity contribution in [2.24, 2.45) is 0 Å². The van der Waals surface area contributed by atoms with Crippen molar-refractivity contribution in [2.75, 3.05) is 6.61 Å². The van der Waals surface area contributed by atoms with Crippen molar-refractivity contribution in [3.8, 4) is 0 Å². The van der Waals surface area contributed by atoms with Crippen LogP contribution in [0.3, 0.4) is 0 Å². The molecule has 0 saturated carbocycles. The molecule has 0 N–H and O–H groups in total. The van der Waals surface area contributed by atoms with E-state index in [2.05, 4.69) is 42.7 Å². The number of carbonyl (C=O) groups is 1. The van der Waals surface area contributed by atoms with E-state index in [9.17, 15) is 4.79 Å². The summed E-state index contributed by atoms with van der Waals surface area (Å²) in [6, 6.07) is 14.7. The Kier molecular flexibility index (Phi) is 6.37. The minimum atomic E-state index is -0.209. The quantitative estimate of drug-likeness (QED) is 0.480. The Bertz CT molecular complexity index is 872. The van der Waals surface area contributed by atoms with Crippen molar-refractivity contribution >= 4 is 34.0 Å². The highest BCUT2D eigenvalue weighted by Gasteiger charge is 2.19. The molecule has 3 rings (SSSR count). The predicted molar refractivity (Wildman–Crippen MR) is 104 cm³/mol. The first-order chi connectivity index (χ1) is 11.6. The monoisotopic (exact) mass is 403 g/mol. The minimum absolute atomic E-state index is 0. The molecule has 0 bridgehead atoms. The van der Waals surface area contributed by atoms with Gasteiger partial charge in [0.15, 0.2) is 17.6 Å². The second kappa shape index (κ2) is 8.30. The number of nitrogens with zero attached hydrogens (tertiary/aromatic N) is 2. The summed E-state index contributed by atoms with van der Waals surface area (Å²) in [7, 11) is 0. The van der Waals surface area contributed by atoms with E-state index in [1.165, 1.54) is 16.7 Å². The minimum Gasteiger partial charge on any atom is -0.463 e. The zero-order valence-electron chi connectivity index (χ0n) is 14.9. The Hall–Kier alpha value is -2.14. The van der Waals surface area contributed by atoms with E-state index in [1.54, 1.807) is 0 Å². The highest BCUT2D eigenvalue weighted by molar-refractivity contribution is 8.93. The fourth-order valence-electron chi connectivity index (χ4n) is 2.92. The molecule has 1 heterocycles. The number of aryl methyl sites for hydroxylation is 2. The predicted octanol–water partition coefficient (Wildman–Crippen LogP) is 3.73. The number of halogens is 1. The number of fused-ring (bicyclic) bond motifs is 1. The number of ether oxygens (including phenoxy) is 1. The molecule has 5 heteroatoms. The number of benzene rings is 2. The topological polar surface area (TPSA) is 35.1 Å². The molecule has 0 aliphatic carbocycles. The summed E-state index contributed by atoms with van der Waals surface area (Å²) in [4.78, 5) is 11.9. The highest BCUT2D eigenvalue weighted by Crippen LogP contribution is 2.18. The zero-order valence-corrected chi connectivity index (χ0v) is 16.6. The maximum atomic E-state index is 11.9. The lowest BCUT2D eigenvalue weighted by atomic mass is 10.1. The fraction of sp³-hybridized carbons (Fsp3) is 0.300. The molecule has 0 spiro atoms. The van der Waals surface area contributed by atoms with Gasteiger partial charge in [-0.05, 0) is 49.6 Å². The van der Waals surface area contributed by atoms with Crippen molar-refractivity contribution in [2.45, 2.75) is 33.9 Å². The molecule has 0 aliphatic heterocycles. The highest BCUT2D eigenvalue weighted by atomic mass is 79.9. The lowest BCUT2D eigenvalue weighted by Gasteiger charge is -2.01. The third-order valence-corrected chi connectivity index (χ3v) is 4.29. The van der Waals surface area contributed by atoms with Gasteiger partial charge in [0.05, 0.1) is 6.61 Å². The van der Waals surface area contributed by atoms with Gasteiger partial charge in [0, 0.05) is 0 Å². The summed E-state index contributed by atoms with van der Waals surface area (Å²) in [5.41, 5.74) is 5.89. The number of rotatable bonds is 5. The van der Waals surface area contributed by atoms with Crippen molar-refractivity contribution in [3.63, 3.8) is 0 Å². The third-order valence-electron chi connectivity index (χ3n) is 4.29. The van der Waals surface area contributed by atoms with Crippen LogP contribution in [-0.2, 0) is 22.6 Å². The van der Waals surface area contributed by atoms with E-state index in [0.29, 0.717) is 6.61 Å². The molecule has 0 aliphatic rings. The molecule has 3 aromatic rings. The summed E-state index contributed by atoms with van der Waals surface area (Å²) in [5.74, 6) is -0.209. The van der Waals surface area contributed by atoms with Gasteiger partial charge in [0.1, 0.15) is 6.54 Å². The molecule has 2 aromatic carbocycles. The standard InChI is InChI=1S/C20H23N2O2.BrH/c1-4-24-20(23)13-22-14-21(12-17-8-6-5-7-9-17)18-10-15(2)16(3)11-19(18)22;/h5-11,14H,4,12-13H2,1-3H3;1H/q+1;. The van der Waals surface area contributed by atoms with Gasteiger partial charge in [-0.1, -0.05) is 30.3 Å². The Morgan fingerprint density at radius 1 is 1.12 bits per heavy atom. The molecule has 0 saturated heterocycles. The second-order valence-electron chi connectivity index (χ2n) is 6.09. The molecule has 0 radical (unpaired) electrons. The Labute approximate surface area is 158 Å². The molecule has 0 fully saturated rings. The number of hydrogen-bond donors (Lipinski definition) is 0. The average Bonchev–Trinajstić information content (AvgIpc) is 2.86. The number of hydrogen-bond acceptors (Lipinski definition) is 2. The second-order valence-corrected chi connectivity index (χ2v) is 6.09. The average molecular weight is 404 g/mol. The van der Waals surface area contributed by atoms with E-state index < -0.39 is 0 Å². The number of aromatic nitrogens is 2. The van der Waals surface area contributed by atoms with E-state index in [-0.39, 0.29) is 29.5 Å². The molecule has 25 heavy (non-hydrogen) atoms. The van der Waals surface area contributed by atoms with Crippen molar-refractivity contribution < 1.29 is 14.1 Å². The van der Waals surface area contributed by atoms with Crippen molar-refractivity contribution in [1.82, 2.24) is 4.57 Å². The molecule has 0 unspecified atom stereocenters. The van der Waals surface area contributed by atoms with Gasteiger partial charge in [-0.2, -0.15) is 0 Å². The van der Waals surface area contributed by atoms with Crippen LogP contribution in [0, 0.1) is 13.8 Å². The van der Waals surface area contributed by atoms with Crippen LogP contribution in [0.15, 0.2) is 48.8 Å². The van der Waals surface area contributed by atoms with Crippen molar-refractivity contribution in [3.05, 3.63) is 65.5 Å². The molecular weight excluding hydrogens is 380 g/mol. The zero-order chi connectivity index (χ0) is 17.1. The SMILES string of the molecule is Br.CCOC(=O)Cn1c[n+](Cc2ccccc2)c2cc(C)c(C)cc21. The van der Waals surface area contributed by atoms with E-state index in [0.717, 1.165) is 17.6 Å². The van der Waals surface area contributed by atoms with Gasteiger partial charge < -0.3 is 4.74 Å². The summed E-state index contributed by atoms with van der Waals surface area (Å²) >= 11 is 0. The van der Waals surface area contributed by atoms with E-state index in [4.69, 9.17) is 4.74 Å². The van der Waals surface area contributed by atoms with Gasteiger partial charge in [0.2, 0.25) is 6.33 Å². The number of carbonyl (C=O) groups excluding carboxylic acids is 1. The maximum absolute atomic E-state index is 11.9. The van der Waals surface area contributed by atoms with E-state index in [1.807, 2.05) is 36.0 Å². The van der Waals surface area contributed by atoms with Crippen LogP contribution in [0.2, 0.25) is 0 Å². The van der Waals surface area contributed by atoms with Crippen molar-refractivity contribution in [1.29, 1.82) is 0 Å². The fourth-order valence-corrected chi connectivity index (χ4v) is 2.92.